The van der Waals surface area contributed by atoms with Gasteiger partial charge in [-0.15, -0.1) is 0 Å². The zero-order valence-electron chi connectivity index (χ0n) is 13.3. The molecule has 128 valence electrons. The van der Waals surface area contributed by atoms with Gasteiger partial charge in [0, 0.05) is 14.1 Å². The molecule has 0 aliphatic heterocycles. The lowest BCUT2D eigenvalue weighted by Crippen LogP contribution is -2.10. The van der Waals surface area contributed by atoms with Crippen molar-refractivity contribution in [1.29, 1.82) is 0 Å². The first-order valence-electron chi connectivity index (χ1n) is 7.06. The number of aryl methyl sites for hydroxylation is 2. The van der Waals surface area contributed by atoms with Crippen LogP contribution in [0.15, 0.2) is 36.9 Å². The normalized spacial score (nSPS) is 10.6. The van der Waals surface area contributed by atoms with Crippen molar-refractivity contribution < 1.29 is 19.3 Å². The average molecular weight is 334 g/mol. The fourth-order valence-corrected chi connectivity index (χ4v) is 1.62. The molecule has 2 rings (SSSR count). The monoisotopic (exact) mass is 334 g/mol. The van der Waals surface area contributed by atoms with Crippen LogP contribution in [-0.4, -0.2) is 31.5 Å². The maximum absolute atomic E-state index is 11.5. The Morgan fingerprint density at radius 1 is 0.958 bits per heavy atom. The van der Waals surface area contributed by atoms with Crippen molar-refractivity contribution in [3.05, 3.63) is 36.9 Å². The molecule has 2 aromatic rings. The topological polar surface area (TPSA) is 112 Å². The minimum absolute atomic E-state index is 0.0244. The SMILES string of the molecule is Cn1cc(NOC(=O)CC=CCC(=O)ONc2cnn(C)c2)cn1. The Morgan fingerprint density at radius 2 is 1.38 bits per heavy atom. The van der Waals surface area contributed by atoms with Crippen LogP contribution in [0.25, 0.3) is 0 Å². The second kappa shape index (κ2) is 8.36. The minimum Gasteiger partial charge on any atom is -0.343 e. The summed E-state index contributed by atoms with van der Waals surface area (Å²) in [5, 5.41) is 7.83. The van der Waals surface area contributed by atoms with E-state index < -0.39 is 11.9 Å². The van der Waals surface area contributed by atoms with Crippen molar-refractivity contribution in [2.45, 2.75) is 12.8 Å². The molecular weight excluding hydrogens is 316 g/mol. The molecule has 2 aromatic heterocycles. The number of aromatic nitrogens is 4. The molecule has 0 bridgehead atoms. The van der Waals surface area contributed by atoms with Crippen LogP contribution in [-0.2, 0) is 33.4 Å². The Morgan fingerprint density at radius 3 is 1.71 bits per heavy atom. The van der Waals surface area contributed by atoms with Gasteiger partial charge in [-0.1, -0.05) is 12.2 Å². The zero-order valence-corrected chi connectivity index (χ0v) is 13.3. The molecule has 0 amide bonds. The lowest BCUT2D eigenvalue weighted by atomic mass is 10.3. The van der Waals surface area contributed by atoms with Gasteiger partial charge in [-0.25, -0.2) is 20.5 Å². The molecule has 0 saturated heterocycles. The van der Waals surface area contributed by atoms with E-state index in [0.29, 0.717) is 11.4 Å². The van der Waals surface area contributed by atoms with E-state index in [1.165, 1.54) is 24.5 Å². The van der Waals surface area contributed by atoms with E-state index in [2.05, 4.69) is 21.2 Å². The van der Waals surface area contributed by atoms with E-state index in [1.807, 2.05) is 0 Å². The van der Waals surface area contributed by atoms with Gasteiger partial charge in [0.15, 0.2) is 0 Å². The van der Waals surface area contributed by atoms with Crippen molar-refractivity contribution in [2.75, 3.05) is 11.0 Å². The van der Waals surface area contributed by atoms with Crippen LogP contribution in [0.3, 0.4) is 0 Å². The van der Waals surface area contributed by atoms with Gasteiger partial charge in [0.05, 0.1) is 37.6 Å². The summed E-state index contributed by atoms with van der Waals surface area (Å²) < 4.78 is 3.14. The summed E-state index contributed by atoms with van der Waals surface area (Å²) >= 11 is 0. The maximum atomic E-state index is 11.5. The molecule has 10 heteroatoms. The van der Waals surface area contributed by atoms with Gasteiger partial charge in [0.25, 0.3) is 0 Å². The van der Waals surface area contributed by atoms with Crippen molar-refractivity contribution in [3.63, 3.8) is 0 Å². The number of carbonyl (C=O) groups is 2. The molecule has 0 atom stereocenters. The number of hydrogen-bond acceptors (Lipinski definition) is 8. The molecular formula is C14H18N6O4. The van der Waals surface area contributed by atoms with Crippen LogP contribution in [0.2, 0.25) is 0 Å². The predicted octanol–water partition coefficient (Wildman–Crippen LogP) is 0.930. The summed E-state index contributed by atoms with van der Waals surface area (Å²) in [4.78, 5) is 32.6. The first-order valence-corrected chi connectivity index (χ1v) is 7.06. The third-order valence-corrected chi connectivity index (χ3v) is 2.71. The number of nitrogens with zero attached hydrogens (tertiary/aromatic N) is 4. The number of nitrogens with one attached hydrogen (secondary N) is 2. The van der Waals surface area contributed by atoms with Crippen molar-refractivity contribution in [3.8, 4) is 0 Å². The van der Waals surface area contributed by atoms with Gasteiger partial charge in [-0.2, -0.15) is 10.2 Å². The van der Waals surface area contributed by atoms with E-state index in [0.717, 1.165) is 0 Å². The van der Waals surface area contributed by atoms with E-state index >= 15 is 0 Å². The Balaban J connectivity index is 1.59. The van der Waals surface area contributed by atoms with Crippen LogP contribution >= 0.6 is 0 Å². The molecule has 0 fully saturated rings. The van der Waals surface area contributed by atoms with Crippen LogP contribution in [0.1, 0.15) is 12.8 Å². The van der Waals surface area contributed by atoms with Crippen molar-refractivity contribution in [1.82, 2.24) is 19.6 Å². The lowest BCUT2D eigenvalue weighted by molar-refractivity contribution is -0.140. The number of carbonyl (C=O) groups excluding carboxylic acids is 2. The van der Waals surface area contributed by atoms with Crippen LogP contribution in [0.5, 0.6) is 0 Å². The van der Waals surface area contributed by atoms with Gasteiger partial charge in [-0.05, 0) is 0 Å². The quantitative estimate of drug-likeness (QED) is 0.541. The second-order valence-electron chi connectivity index (χ2n) is 4.84. The summed E-state index contributed by atoms with van der Waals surface area (Å²) in [5.41, 5.74) is 6.10. The number of rotatable bonds is 8. The standard InChI is InChI=1S/C14H18N6O4/c1-19-9-11(7-15-19)17-23-13(21)5-3-4-6-14(22)24-18-12-8-16-20(2)10-12/h3-4,7-10,17-18H,5-6H2,1-2H3. The fourth-order valence-electron chi connectivity index (χ4n) is 1.62. The number of anilines is 2. The summed E-state index contributed by atoms with van der Waals surface area (Å²) in [7, 11) is 3.50. The largest absolute Gasteiger partial charge is 0.343 e. The summed E-state index contributed by atoms with van der Waals surface area (Å²) in [6.07, 6.45) is 9.47. The molecule has 0 radical (unpaired) electrons. The Kier molecular flexibility index (Phi) is 5.95. The predicted molar refractivity (Wildman–Crippen MR) is 84.2 cm³/mol. The zero-order chi connectivity index (χ0) is 17.4. The lowest BCUT2D eigenvalue weighted by Gasteiger charge is -2.03. The van der Waals surface area contributed by atoms with Crippen LogP contribution in [0, 0.1) is 0 Å². The van der Waals surface area contributed by atoms with Gasteiger partial charge in [-0.3, -0.25) is 9.36 Å². The summed E-state index contributed by atoms with van der Waals surface area (Å²) in [6.45, 7) is 0. The smallest absolute Gasteiger partial charge is 0.335 e. The molecule has 0 aliphatic carbocycles. The Labute approximate surface area is 137 Å². The minimum atomic E-state index is -0.489. The fraction of sp³-hybridized carbons (Fsp3) is 0.286. The first kappa shape index (κ1) is 17.1. The highest BCUT2D eigenvalue weighted by Gasteiger charge is 2.04. The van der Waals surface area contributed by atoms with E-state index in [-0.39, 0.29) is 12.8 Å². The van der Waals surface area contributed by atoms with E-state index in [4.69, 9.17) is 9.68 Å². The Bertz CT molecular complexity index is 660. The van der Waals surface area contributed by atoms with Crippen LogP contribution < -0.4 is 11.0 Å². The molecule has 0 saturated carbocycles. The molecule has 24 heavy (non-hydrogen) atoms. The average Bonchev–Trinajstić information content (AvgIpc) is 3.16. The molecule has 10 nitrogen and oxygen atoms in total. The molecule has 2 heterocycles. The highest BCUT2D eigenvalue weighted by Crippen LogP contribution is 2.05. The molecule has 2 N–H and O–H groups in total. The van der Waals surface area contributed by atoms with Crippen molar-refractivity contribution >= 4 is 23.3 Å². The van der Waals surface area contributed by atoms with Gasteiger partial charge < -0.3 is 9.68 Å². The second-order valence-corrected chi connectivity index (χ2v) is 4.84. The highest BCUT2D eigenvalue weighted by molar-refractivity contribution is 5.74. The third-order valence-electron chi connectivity index (χ3n) is 2.71. The first-order chi connectivity index (χ1) is 11.5. The maximum Gasteiger partial charge on any atom is 0.335 e. The van der Waals surface area contributed by atoms with Gasteiger partial charge >= 0.3 is 11.9 Å². The van der Waals surface area contributed by atoms with Crippen molar-refractivity contribution in [2.24, 2.45) is 14.1 Å². The summed E-state index contributed by atoms with van der Waals surface area (Å²) in [6, 6.07) is 0. The molecule has 0 aliphatic rings. The Hall–Kier alpha value is -3.30. The van der Waals surface area contributed by atoms with Gasteiger partial charge in [0.1, 0.15) is 11.4 Å². The highest BCUT2D eigenvalue weighted by atomic mass is 16.7. The molecule has 0 aromatic carbocycles. The molecule has 0 unspecified atom stereocenters. The third kappa shape index (κ3) is 5.83. The summed E-state index contributed by atoms with van der Waals surface area (Å²) in [5.74, 6) is -0.978. The van der Waals surface area contributed by atoms with E-state index in [9.17, 15) is 9.59 Å². The van der Waals surface area contributed by atoms with E-state index in [1.54, 1.807) is 35.9 Å². The van der Waals surface area contributed by atoms with Crippen LogP contribution in [0.4, 0.5) is 11.4 Å². The molecule has 0 spiro atoms. The number of hydrogen-bond donors (Lipinski definition) is 2. The van der Waals surface area contributed by atoms with Gasteiger partial charge in [0.2, 0.25) is 0 Å².